The molecule has 4 rings (SSSR count). The van der Waals surface area contributed by atoms with Gasteiger partial charge in [0, 0.05) is 49.0 Å². The Kier molecular flexibility index (Phi) is 4.61. The van der Waals surface area contributed by atoms with Gasteiger partial charge in [0.2, 0.25) is 5.91 Å². The van der Waals surface area contributed by atoms with Gasteiger partial charge in [-0.1, -0.05) is 12.1 Å². The average molecular weight is 379 g/mol. The van der Waals surface area contributed by atoms with Gasteiger partial charge in [-0.15, -0.1) is 0 Å². The molecule has 0 spiro atoms. The summed E-state index contributed by atoms with van der Waals surface area (Å²) in [4.78, 5) is 20.7. The van der Waals surface area contributed by atoms with Crippen molar-refractivity contribution in [2.75, 3.05) is 31.1 Å². The Morgan fingerprint density at radius 2 is 1.82 bits per heavy atom. The van der Waals surface area contributed by atoms with E-state index in [0.29, 0.717) is 13.1 Å². The van der Waals surface area contributed by atoms with Crippen LogP contribution in [0.25, 0.3) is 10.9 Å². The minimum atomic E-state index is -0.679. The molecule has 1 amide bonds. The zero-order valence-corrected chi connectivity index (χ0v) is 16.6. The van der Waals surface area contributed by atoms with Crippen molar-refractivity contribution in [1.29, 1.82) is 0 Å². The van der Waals surface area contributed by atoms with Gasteiger partial charge in [-0.05, 0) is 62.2 Å². The van der Waals surface area contributed by atoms with E-state index in [1.54, 1.807) is 6.07 Å². The number of fused-ring (bicyclic) bond motifs is 1. The number of carbonyl (C=O) groups excluding carboxylic acids is 1. The van der Waals surface area contributed by atoms with E-state index >= 15 is 0 Å². The van der Waals surface area contributed by atoms with Crippen LogP contribution in [0.4, 0.5) is 10.1 Å². The molecule has 3 aromatic rings. The molecule has 1 aliphatic heterocycles. The van der Waals surface area contributed by atoms with Crippen LogP contribution in [-0.4, -0.2) is 42.0 Å². The van der Waals surface area contributed by atoms with Gasteiger partial charge in [-0.25, -0.2) is 4.39 Å². The summed E-state index contributed by atoms with van der Waals surface area (Å²) in [5, 5.41) is 0.901. The first-order chi connectivity index (χ1) is 13.4. The van der Waals surface area contributed by atoms with Crippen LogP contribution in [0.15, 0.2) is 48.7 Å². The number of halogens is 1. The van der Waals surface area contributed by atoms with E-state index in [4.69, 9.17) is 0 Å². The molecule has 0 bridgehead atoms. The molecule has 1 aromatic heterocycles. The fourth-order valence-corrected chi connectivity index (χ4v) is 4.12. The molecular formula is C23H26FN3O. The highest BCUT2D eigenvalue weighted by atomic mass is 19.1. The lowest BCUT2D eigenvalue weighted by Gasteiger charge is -2.39. The van der Waals surface area contributed by atoms with Crippen LogP contribution in [0.3, 0.4) is 0 Å². The number of rotatable bonds is 3. The molecule has 4 nitrogen and oxygen atoms in total. The smallest absolute Gasteiger partial charge is 0.232 e. The van der Waals surface area contributed by atoms with E-state index in [-0.39, 0.29) is 11.7 Å². The Hall–Kier alpha value is -2.82. The lowest BCUT2D eigenvalue weighted by Crippen LogP contribution is -2.53. The maximum Gasteiger partial charge on any atom is 0.232 e. The molecule has 1 N–H and O–H groups in total. The molecule has 0 saturated carbocycles. The maximum atomic E-state index is 13.5. The number of aromatic amines is 1. The Morgan fingerprint density at radius 3 is 2.54 bits per heavy atom. The lowest BCUT2D eigenvalue weighted by atomic mass is 9.82. The number of benzene rings is 2. The number of anilines is 1. The Bertz CT molecular complexity index is 1020. The van der Waals surface area contributed by atoms with E-state index in [9.17, 15) is 9.18 Å². The van der Waals surface area contributed by atoms with Crippen molar-refractivity contribution in [2.24, 2.45) is 0 Å². The van der Waals surface area contributed by atoms with Crippen molar-refractivity contribution in [1.82, 2.24) is 9.88 Å². The highest BCUT2D eigenvalue weighted by Crippen LogP contribution is 2.33. The van der Waals surface area contributed by atoms with E-state index in [2.05, 4.69) is 41.1 Å². The number of hydrogen-bond acceptors (Lipinski definition) is 2. The number of nitrogens with zero attached hydrogens (tertiary/aromatic N) is 2. The second-order valence-electron chi connectivity index (χ2n) is 8.14. The fraction of sp³-hybridized carbons (Fsp3) is 0.348. The minimum Gasteiger partial charge on any atom is -0.368 e. The standard InChI is InChI=1S/C23H26FN3O/c1-16-5-4-6-18(13-16)26-9-11-27(12-10-26)22(28)23(2,3)20-15-25-21-14-17(24)7-8-19(20)21/h4-8,13-15,25H,9-12H2,1-3H3. The van der Waals surface area contributed by atoms with Gasteiger partial charge in [-0.3, -0.25) is 4.79 Å². The SMILES string of the molecule is Cc1cccc(N2CCN(C(=O)C(C)(C)c3c[nH]c4cc(F)ccc34)CC2)c1. The van der Waals surface area contributed by atoms with Gasteiger partial charge in [-0.2, -0.15) is 0 Å². The number of piperazine rings is 1. The van der Waals surface area contributed by atoms with Gasteiger partial charge in [0.05, 0.1) is 5.41 Å². The molecule has 0 radical (unpaired) electrons. The largest absolute Gasteiger partial charge is 0.368 e. The molecule has 0 unspecified atom stereocenters. The third-order valence-electron chi connectivity index (χ3n) is 5.79. The first-order valence-electron chi connectivity index (χ1n) is 9.74. The summed E-state index contributed by atoms with van der Waals surface area (Å²) in [5.41, 5.74) is 3.41. The predicted molar refractivity (Wildman–Crippen MR) is 111 cm³/mol. The number of hydrogen-bond donors (Lipinski definition) is 1. The van der Waals surface area contributed by atoms with E-state index in [0.717, 1.165) is 29.6 Å². The highest BCUT2D eigenvalue weighted by Gasteiger charge is 2.36. The third kappa shape index (κ3) is 3.26. The predicted octanol–water partition coefficient (Wildman–Crippen LogP) is 4.24. The Balaban J connectivity index is 1.51. The number of amides is 1. The van der Waals surface area contributed by atoms with Crippen molar-refractivity contribution in [3.8, 4) is 0 Å². The topological polar surface area (TPSA) is 39.3 Å². The normalized spacial score (nSPS) is 15.3. The van der Waals surface area contributed by atoms with Crippen LogP contribution in [0.2, 0.25) is 0 Å². The van der Waals surface area contributed by atoms with Crippen LogP contribution >= 0.6 is 0 Å². The summed E-state index contributed by atoms with van der Waals surface area (Å²) in [5.74, 6) is -0.168. The number of carbonyl (C=O) groups is 1. The summed E-state index contributed by atoms with van der Waals surface area (Å²) >= 11 is 0. The second kappa shape index (κ2) is 6.97. The average Bonchev–Trinajstić information content (AvgIpc) is 3.11. The van der Waals surface area contributed by atoms with Crippen molar-refractivity contribution in [3.05, 3.63) is 65.6 Å². The van der Waals surface area contributed by atoms with Crippen LogP contribution < -0.4 is 4.90 Å². The van der Waals surface area contributed by atoms with Crippen LogP contribution in [0.1, 0.15) is 25.0 Å². The van der Waals surface area contributed by atoms with Crippen molar-refractivity contribution >= 4 is 22.5 Å². The summed E-state index contributed by atoms with van der Waals surface area (Å²) in [6.07, 6.45) is 1.84. The molecule has 146 valence electrons. The number of aryl methyl sites for hydroxylation is 1. The summed E-state index contributed by atoms with van der Waals surface area (Å²) in [7, 11) is 0. The van der Waals surface area contributed by atoms with Crippen LogP contribution in [0.5, 0.6) is 0 Å². The molecule has 0 aliphatic carbocycles. The van der Waals surface area contributed by atoms with Crippen molar-refractivity contribution < 1.29 is 9.18 Å². The Morgan fingerprint density at radius 1 is 1.07 bits per heavy atom. The molecular weight excluding hydrogens is 353 g/mol. The van der Waals surface area contributed by atoms with Gasteiger partial charge in [0.15, 0.2) is 0 Å². The van der Waals surface area contributed by atoms with Gasteiger partial charge in [0.1, 0.15) is 5.82 Å². The third-order valence-corrected chi connectivity index (χ3v) is 5.79. The lowest BCUT2D eigenvalue weighted by molar-refractivity contribution is -0.136. The molecule has 1 fully saturated rings. The number of aromatic nitrogens is 1. The van der Waals surface area contributed by atoms with Crippen LogP contribution in [0, 0.1) is 12.7 Å². The first kappa shape index (κ1) is 18.5. The molecule has 5 heteroatoms. The second-order valence-corrected chi connectivity index (χ2v) is 8.14. The van der Waals surface area contributed by atoms with E-state index in [1.807, 2.05) is 24.9 Å². The van der Waals surface area contributed by atoms with Gasteiger partial charge in [0.25, 0.3) is 0 Å². The van der Waals surface area contributed by atoms with Crippen molar-refractivity contribution in [2.45, 2.75) is 26.2 Å². The fourth-order valence-electron chi connectivity index (χ4n) is 4.12. The summed E-state index contributed by atoms with van der Waals surface area (Å²) < 4.78 is 13.5. The molecule has 2 aromatic carbocycles. The van der Waals surface area contributed by atoms with Crippen LogP contribution in [-0.2, 0) is 10.2 Å². The van der Waals surface area contributed by atoms with Gasteiger partial charge < -0.3 is 14.8 Å². The molecule has 1 saturated heterocycles. The maximum absolute atomic E-state index is 13.5. The number of H-pyrrole nitrogens is 1. The summed E-state index contributed by atoms with van der Waals surface area (Å²) in [6.45, 7) is 9.05. The zero-order valence-electron chi connectivity index (χ0n) is 16.6. The van der Waals surface area contributed by atoms with E-state index in [1.165, 1.54) is 23.4 Å². The zero-order chi connectivity index (χ0) is 19.9. The monoisotopic (exact) mass is 379 g/mol. The minimum absolute atomic E-state index is 0.113. The van der Waals surface area contributed by atoms with Gasteiger partial charge >= 0.3 is 0 Å². The molecule has 1 aliphatic rings. The molecule has 2 heterocycles. The van der Waals surface area contributed by atoms with E-state index < -0.39 is 5.41 Å². The Labute approximate surface area is 165 Å². The summed E-state index contributed by atoms with van der Waals surface area (Å²) in [6, 6.07) is 13.2. The molecule has 0 atom stereocenters. The highest BCUT2D eigenvalue weighted by molar-refractivity contribution is 5.94. The molecule has 28 heavy (non-hydrogen) atoms. The quantitative estimate of drug-likeness (QED) is 0.739. The van der Waals surface area contributed by atoms with Crippen molar-refractivity contribution in [3.63, 3.8) is 0 Å². The first-order valence-corrected chi connectivity index (χ1v) is 9.74. The number of nitrogens with one attached hydrogen (secondary N) is 1.